The molecule has 1 amide bonds. The van der Waals surface area contributed by atoms with Crippen LogP contribution in [0, 0.1) is 5.82 Å². The molecule has 8 heteroatoms. The summed E-state index contributed by atoms with van der Waals surface area (Å²) in [5.74, 6) is -1.05. The zero-order valence-corrected chi connectivity index (χ0v) is 19.4. The zero-order chi connectivity index (χ0) is 23.0. The van der Waals surface area contributed by atoms with Crippen molar-refractivity contribution in [1.29, 1.82) is 0 Å². The molecule has 0 fully saturated rings. The lowest BCUT2D eigenvalue weighted by atomic mass is 9.94. The number of aromatic amines is 1. The third kappa shape index (κ3) is 4.30. The number of hydrogen-bond acceptors (Lipinski definition) is 3. The highest BCUT2D eigenvalue weighted by Crippen LogP contribution is 2.27. The molecule has 5 rings (SSSR count). The monoisotopic (exact) mass is 475 g/mol. The van der Waals surface area contributed by atoms with Gasteiger partial charge >= 0.3 is 0 Å². The van der Waals surface area contributed by atoms with Crippen LogP contribution in [0.4, 0.5) is 4.39 Å². The minimum absolute atomic E-state index is 0. The molecule has 0 saturated carbocycles. The summed E-state index contributed by atoms with van der Waals surface area (Å²) in [6, 6.07) is 18.1. The van der Waals surface area contributed by atoms with Crippen molar-refractivity contribution in [2.24, 2.45) is 0 Å². The lowest BCUT2D eigenvalue weighted by Crippen LogP contribution is -2.41. The van der Waals surface area contributed by atoms with Crippen LogP contribution >= 0.6 is 12.4 Å². The fourth-order valence-corrected chi connectivity index (χ4v) is 3.91. The minimum atomic E-state index is -0.644. The van der Waals surface area contributed by atoms with Gasteiger partial charge in [0.15, 0.2) is 0 Å². The molecule has 3 heterocycles. The number of aromatic nitrogens is 4. The maximum atomic E-state index is 15.1. The topological polar surface area (TPSA) is 75.1 Å². The molecule has 0 unspecified atom stereocenters. The van der Waals surface area contributed by atoms with E-state index in [0.29, 0.717) is 5.56 Å². The Bertz CT molecular complexity index is 1450. The van der Waals surface area contributed by atoms with Crippen LogP contribution < -0.4 is 5.32 Å². The van der Waals surface area contributed by atoms with Crippen molar-refractivity contribution in [2.45, 2.75) is 19.4 Å². The molecule has 0 aliphatic rings. The first-order valence-electron chi connectivity index (χ1n) is 10.6. The quantitative estimate of drug-likeness (QED) is 0.346. The number of nitrogens with one attached hydrogen (secondary N) is 2. The number of amides is 1. The predicted octanol–water partition coefficient (Wildman–Crippen LogP) is 5.62. The van der Waals surface area contributed by atoms with Crippen LogP contribution in [0.15, 0.2) is 85.5 Å². The average molecular weight is 476 g/mol. The Morgan fingerprint density at radius 1 is 1.00 bits per heavy atom. The second-order valence-corrected chi connectivity index (χ2v) is 8.42. The molecule has 0 saturated heterocycles. The van der Waals surface area contributed by atoms with Crippen molar-refractivity contribution in [3.05, 3.63) is 102 Å². The van der Waals surface area contributed by atoms with Gasteiger partial charge in [-0.15, -0.1) is 12.4 Å². The Kier molecular flexibility index (Phi) is 6.22. The Morgan fingerprint density at radius 3 is 2.47 bits per heavy atom. The fourth-order valence-electron chi connectivity index (χ4n) is 3.91. The lowest BCUT2D eigenvalue weighted by Gasteiger charge is -2.27. The number of carbonyl (C=O) groups excluding carboxylic acids is 1. The van der Waals surface area contributed by atoms with E-state index in [1.165, 1.54) is 12.1 Å². The van der Waals surface area contributed by atoms with Gasteiger partial charge in [0, 0.05) is 29.1 Å². The first kappa shape index (κ1) is 23.2. The fraction of sp³-hybridized carbons (Fsp3) is 0.115. The number of carbonyl (C=O) groups is 1. The number of H-pyrrole nitrogens is 1. The maximum absolute atomic E-state index is 15.1. The van der Waals surface area contributed by atoms with Gasteiger partial charge in [0.25, 0.3) is 5.91 Å². The largest absolute Gasteiger partial charge is 0.343 e. The van der Waals surface area contributed by atoms with Crippen molar-refractivity contribution >= 4 is 24.0 Å². The van der Waals surface area contributed by atoms with Gasteiger partial charge in [-0.2, -0.15) is 5.10 Å². The van der Waals surface area contributed by atoms with E-state index < -0.39 is 17.3 Å². The van der Waals surface area contributed by atoms with Gasteiger partial charge in [0.1, 0.15) is 11.5 Å². The Morgan fingerprint density at radius 2 is 1.76 bits per heavy atom. The van der Waals surface area contributed by atoms with E-state index in [1.54, 1.807) is 18.5 Å². The summed E-state index contributed by atoms with van der Waals surface area (Å²) in [4.78, 5) is 17.3. The molecular formula is C26H23ClFN5O. The van der Waals surface area contributed by atoms with Crippen LogP contribution in [0.25, 0.3) is 28.0 Å². The van der Waals surface area contributed by atoms with Crippen LogP contribution in [-0.4, -0.2) is 25.5 Å². The number of fused-ring (bicyclic) bond motifs is 1. The molecular weight excluding hydrogens is 453 g/mol. The summed E-state index contributed by atoms with van der Waals surface area (Å²) in [7, 11) is 0. The molecule has 2 N–H and O–H groups in total. The van der Waals surface area contributed by atoms with Crippen molar-refractivity contribution in [1.82, 2.24) is 24.9 Å². The molecule has 34 heavy (non-hydrogen) atoms. The molecule has 172 valence electrons. The molecule has 0 aliphatic heterocycles. The van der Waals surface area contributed by atoms with E-state index in [4.69, 9.17) is 0 Å². The summed E-state index contributed by atoms with van der Waals surface area (Å²) in [5, 5.41) is 9.73. The van der Waals surface area contributed by atoms with Crippen LogP contribution in [-0.2, 0) is 5.54 Å². The molecule has 0 aliphatic carbocycles. The van der Waals surface area contributed by atoms with E-state index in [1.807, 2.05) is 73.1 Å². The normalized spacial score (nSPS) is 11.3. The van der Waals surface area contributed by atoms with Gasteiger partial charge in [-0.25, -0.2) is 9.37 Å². The molecule has 5 aromatic rings. The van der Waals surface area contributed by atoms with E-state index in [0.717, 1.165) is 28.0 Å². The van der Waals surface area contributed by atoms with Crippen molar-refractivity contribution < 1.29 is 9.18 Å². The van der Waals surface area contributed by atoms with Crippen molar-refractivity contribution in [2.75, 3.05) is 0 Å². The summed E-state index contributed by atoms with van der Waals surface area (Å²) in [6.07, 6.45) is 7.18. The molecule has 0 atom stereocenters. The smallest absolute Gasteiger partial charge is 0.254 e. The molecule has 2 aromatic carbocycles. The van der Waals surface area contributed by atoms with Crippen molar-refractivity contribution in [3.8, 4) is 22.4 Å². The highest BCUT2D eigenvalue weighted by atomic mass is 35.5. The number of benzene rings is 2. The summed E-state index contributed by atoms with van der Waals surface area (Å²) in [5.41, 5.74) is 4.28. The van der Waals surface area contributed by atoms with Gasteiger partial charge in [0.05, 0.1) is 29.2 Å². The number of rotatable bonds is 5. The average Bonchev–Trinajstić information content (AvgIpc) is 3.49. The molecule has 0 bridgehead atoms. The SMILES string of the molecule is CC(C)(NC(=O)c1ccc(-c2cnc3ccc(-c4cn[nH]c4)cn23)cc1F)c1ccccc1.Cl. The third-order valence-electron chi connectivity index (χ3n) is 5.77. The number of halogens is 2. The lowest BCUT2D eigenvalue weighted by molar-refractivity contribution is 0.0908. The Hall–Kier alpha value is -3.97. The highest BCUT2D eigenvalue weighted by molar-refractivity contribution is 5.95. The molecule has 0 radical (unpaired) electrons. The second-order valence-electron chi connectivity index (χ2n) is 8.42. The Labute approximate surface area is 202 Å². The van der Waals surface area contributed by atoms with E-state index >= 15 is 4.39 Å². The number of nitrogens with zero attached hydrogens (tertiary/aromatic N) is 3. The van der Waals surface area contributed by atoms with Gasteiger partial charge in [-0.3, -0.25) is 14.3 Å². The second kappa shape index (κ2) is 9.11. The van der Waals surface area contributed by atoms with Gasteiger partial charge in [0.2, 0.25) is 0 Å². The third-order valence-corrected chi connectivity index (χ3v) is 5.77. The standard InChI is InChI=1S/C26H22FN5O.ClH/c1-26(2,20-6-4-3-5-7-20)31-25(33)21-10-8-17(12-22(21)27)23-15-28-24-11-9-18(16-32(23)24)19-13-29-30-14-19;/h3-16H,1-2H3,(H,29,30)(H,31,33);1H. The first-order valence-corrected chi connectivity index (χ1v) is 10.6. The molecule has 3 aromatic heterocycles. The molecule has 0 spiro atoms. The van der Waals surface area contributed by atoms with Crippen LogP contribution in [0.3, 0.4) is 0 Å². The van der Waals surface area contributed by atoms with E-state index in [9.17, 15) is 4.79 Å². The minimum Gasteiger partial charge on any atom is -0.343 e. The van der Waals surface area contributed by atoms with Crippen molar-refractivity contribution in [3.63, 3.8) is 0 Å². The molecule has 6 nitrogen and oxygen atoms in total. The zero-order valence-electron chi connectivity index (χ0n) is 18.6. The maximum Gasteiger partial charge on any atom is 0.254 e. The number of pyridine rings is 1. The van der Waals surface area contributed by atoms with Crippen LogP contribution in [0.5, 0.6) is 0 Å². The van der Waals surface area contributed by atoms with Crippen LogP contribution in [0.2, 0.25) is 0 Å². The Balaban J connectivity index is 0.00000274. The highest BCUT2D eigenvalue weighted by Gasteiger charge is 2.25. The number of hydrogen-bond donors (Lipinski definition) is 2. The predicted molar refractivity (Wildman–Crippen MR) is 132 cm³/mol. The summed E-state index contributed by atoms with van der Waals surface area (Å²) >= 11 is 0. The van der Waals surface area contributed by atoms with E-state index in [-0.39, 0.29) is 18.0 Å². The van der Waals surface area contributed by atoms with Gasteiger partial charge in [-0.1, -0.05) is 36.4 Å². The first-order chi connectivity index (χ1) is 15.9. The van der Waals surface area contributed by atoms with Gasteiger partial charge in [-0.05, 0) is 43.7 Å². The summed E-state index contributed by atoms with van der Waals surface area (Å²) in [6.45, 7) is 3.78. The number of imidazole rings is 1. The van der Waals surface area contributed by atoms with Crippen LogP contribution in [0.1, 0.15) is 29.8 Å². The van der Waals surface area contributed by atoms with Gasteiger partial charge < -0.3 is 5.32 Å². The summed E-state index contributed by atoms with van der Waals surface area (Å²) < 4.78 is 17.0. The van der Waals surface area contributed by atoms with E-state index in [2.05, 4.69) is 20.5 Å².